The van der Waals surface area contributed by atoms with Crippen molar-refractivity contribution >= 4 is 11.8 Å². The highest BCUT2D eigenvalue weighted by atomic mass is 16.4. The minimum atomic E-state index is -1.10. The van der Waals surface area contributed by atoms with Crippen molar-refractivity contribution in [1.82, 2.24) is 0 Å². The summed E-state index contributed by atoms with van der Waals surface area (Å²) in [4.78, 5) is 21.9. The molecule has 0 aromatic heterocycles. The Bertz CT molecular complexity index is 254. The van der Waals surface area contributed by atoms with E-state index >= 15 is 0 Å². The predicted molar refractivity (Wildman–Crippen MR) is 77.1 cm³/mol. The van der Waals surface area contributed by atoms with Crippen LogP contribution in [0.1, 0.15) is 77.6 Å². The number of hydrogen-bond acceptors (Lipinski definition) is 3. The van der Waals surface area contributed by atoms with Gasteiger partial charge in [-0.05, 0) is 6.42 Å². The van der Waals surface area contributed by atoms with Gasteiger partial charge in [-0.25, -0.2) is 0 Å². The number of unbranched alkanes of at least 4 members (excludes halogenated alkanes) is 8. The Kier molecular flexibility index (Phi) is 11.6. The number of carboxylic acids is 1. The summed E-state index contributed by atoms with van der Waals surface area (Å²) >= 11 is 0. The monoisotopic (exact) mass is 271 g/mol. The van der Waals surface area contributed by atoms with Crippen LogP contribution in [-0.4, -0.2) is 22.9 Å². The second-order valence-corrected chi connectivity index (χ2v) is 5.27. The van der Waals surface area contributed by atoms with Crippen molar-refractivity contribution in [2.75, 3.05) is 0 Å². The molecule has 112 valence electrons. The van der Waals surface area contributed by atoms with Crippen LogP contribution in [0.25, 0.3) is 0 Å². The van der Waals surface area contributed by atoms with Crippen molar-refractivity contribution < 1.29 is 14.7 Å². The third kappa shape index (κ3) is 11.9. The molecular weight excluding hydrogens is 242 g/mol. The van der Waals surface area contributed by atoms with Gasteiger partial charge >= 0.3 is 5.97 Å². The van der Waals surface area contributed by atoms with Crippen LogP contribution in [0.3, 0.4) is 0 Å². The zero-order valence-electron chi connectivity index (χ0n) is 12.2. The van der Waals surface area contributed by atoms with Crippen molar-refractivity contribution in [2.45, 2.75) is 83.6 Å². The minimum absolute atomic E-state index is 0.0298. The number of ketones is 1. The molecular formula is C15H29NO3. The first-order chi connectivity index (χ1) is 9.07. The molecule has 0 aliphatic carbocycles. The highest BCUT2D eigenvalue weighted by Crippen LogP contribution is 2.11. The summed E-state index contributed by atoms with van der Waals surface area (Å²) in [5, 5.41) is 8.58. The van der Waals surface area contributed by atoms with Gasteiger partial charge in [-0.2, -0.15) is 0 Å². The van der Waals surface area contributed by atoms with Crippen LogP contribution in [-0.2, 0) is 9.59 Å². The number of Topliss-reactive ketones (excluding diaryl/α,β-unsaturated/α-hetero) is 1. The summed E-state index contributed by atoms with van der Waals surface area (Å²) in [6.07, 6.45) is 11.3. The van der Waals surface area contributed by atoms with Gasteiger partial charge in [0, 0.05) is 12.8 Å². The van der Waals surface area contributed by atoms with Crippen LogP contribution in [0.2, 0.25) is 0 Å². The summed E-state index contributed by atoms with van der Waals surface area (Å²) in [5.41, 5.74) is 5.31. The zero-order chi connectivity index (χ0) is 14.5. The Labute approximate surface area is 116 Å². The van der Waals surface area contributed by atoms with Crippen LogP contribution in [0.4, 0.5) is 0 Å². The zero-order valence-corrected chi connectivity index (χ0v) is 12.2. The molecule has 1 atom stereocenters. The van der Waals surface area contributed by atoms with Crippen molar-refractivity contribution in [3.05, 3.63) is 0 Å². The molecule has 0 bridgehead atoms. The number of rotatable bonds is 13. The Morgan fingerprint density at radius 1 is 0.947 bits per heavy atom. The second kappa shape index (κ2) is 12.2. The molecule has 4 heteroatoms. The van der Waals surface area contributed by atoms with Crippen molar-refractivity contribution in [1.29, 1.82) is 0 Å². The maximum Gasteiger partial charge on any atom is 0.320 e. The van der Waals surface area contributed by atoms with E-state index in [1.807, 2.05) is 0 Å². The fourth-order valence-electron chi connectivity index (χ4n) is 2.07. The molecule has 0 fully saturated rings. The second-order valence-electron chi connectivity index (χ2n) is 5.27. The molecule has 3 N–H and O–H groups in total. The number of carbonyl (C=O) groups is 2. The smallest absolute Gasteiger partial charge is 0.320 e. The van der Waals surface area contributed by atoms with Gasteiger partial charge in [-0.15, -0.1) is 0 Å². The molecule has 0 saturated heterocycles. The van der Waals surface area contributed by atoms with E-state index in [2.05, 4.69) is 6.92 Å². The molecule has 0 saturated carbocycles. The van der Waals surface area contributed by atoms with Crippen LogP contribution in [0.15, 0.2) is 0 Å². The fraction of sp³-hybridized carbons (Fsp3) is 0.867. The maximum absolute atomic E-state index is 11.4. The van der Waals surface area contributed by atoms with Crippen LogP contribution in [0, 0.1) is 0 Å². The van der Waals surface area contributed by atoms with Gasteiger partial charge in [0.2, 0.25) is 0 Å². The Hall–Kier alpha value is -0.900. The van der Waals surface area contributed by atoms with E-state index in [4.69, 9.17) is 10.8 Å². The lowest BCUT2D eigenvalue weighted by Crippen LogP contribution is -2.32. The Balaban J connectivity index is 3.30. The van der Waals surface area contributed by atoms with E-state index in [1.54, 1.807) is 0 Å². The molecule has 0 aliphatic rings. The molecule has 0 amide bonds. The van der Waals surface area contributed by atoms with Crippen molar-refractivity contribution in [3.8, 4) is 0 Å². The lowest BCUT2D eigenvalue weighted by molar-refractivity contribution is -0.140. The molecule has 0 spiro atoms. The van der Waals surface area contributed by atoms with E-state index in [0.717, 1.165) is 12.8 Å². The number of carboxylic acid groups (broad SMARTS) is 1. The van der Waals surface area contributed by atoms with E-state index < -0.39 is 12.0 Å². The molecule has 0 aliphatic heterocycles. The first-order valence-electron chi connectivity index (χ1n) is 7.58. The number of carbonyl (C=O) groups excluding carboxylic acids is 1. The van der Waals surface area contributed by atoms with Crippen LogP contribution >= 0.6 is 0 Å². The first kappa shape index (κ1) is 18.1. The topological polar surface area (TPSA) is 80.4 Å². The normalized spacial score (nSPS) is 12.3. The lowest BCUT2D eigenvalue weighted by atomic mass is 10.0. The Morgan fingerprint density at radius 3 is 1.89 bits per heavy atom. The highest BCUT2D eigenvalue weighted by Gasteiger charge is 2.15. The average molecular weight is 271 g/mol. The molecule has 19 heavy (non-hydrogen) atoms. The molecule has 0 aromatic rings. The fourth-order valence-corrected chi connectivity index (χ4v) is 2.07. The van der Waals surface area contributed by atoms with E-state index in [1.165, 1.54) is 44.9 Å². The number of aliphatic carboxylic acids is 1. The SMILES string of the molecule is CCCCCCCCCCCC(=O)CC(N)C(=O)O. The van der Waals surface area contributed by atoms with Crippen molar-refractivity contribution in [3.63, 3.8) is 0 Å². The summed E-state index contributed by atoms with van der Waals surface area (Å²) in [6.45, 7) is 2.22. The Morgan fingerprint density at radius 2 is 1.42 bits per heavy atom. The summed E-state index contributed by atoms with van der Waals surface area (Å²) in [5.74, 6) is -1.13. The molecule has 4 nitrogen and oxygen atoms in total. The van der Waals surface area contributed by atoms with Gasteiger partial charge in [-0.1, -0.05) is 58.3 Å². The van der Waals surface area contributed by atoms with E-state index in [0.29, 0.717) is 6.42 Å². The third-order valence-electron chi connectivity index (χ3n) is 3.32. The predicted octanol–water partition coefficient (Wildman–Crippen LogP) is 3.28. The summed E-state index contributed by atoms with van der Waals surface area (Å²) in [6, 6.07) is -1.04. The van der Waals surface area contributed by atoms with E-state index in [-0.39, 0.29) is 12.2 Å². The standard InChI is InChI=1S/C15H29NO3/c1-2-3-4-5-6-7-8-9-10-11-13(17)12-14(16)15(18)19/h14H,2-12,16H2,1H3,(H,18,19). The quantitative estimate of drug-likeness (QED) is 0.504. The maximum atomic E-state index is 11.4. The minimum Gasteiger partial charge on any atom is -0.480 e. The van der Waals surface area contributed by atoms with Gasteiger partial charge < -0.3 is 10.8 Å². The van der Waals surface area contributed by atoms with Gasteiger partial charge in [0.15, 0.2) is 0 Å². The lowest BCUT2D eigenvalue weighted by Gasteiger charge is -2.05. The number of nitrogens with two attached hydrogens (primary N) is 1. The van der Waals surface area contributed by atoms with Gasteiger partial charge in [0.05, 0.1) is 0 Å². The van der Waals surface area contributed by atoms with E-state index in [9.17, 15) is 9.59 Å². The average Bonchev–Trinajstić information content (AvgIpc) is 2.36. The van der Waals surface area contributed by atoms with Gasteiger partial charge in [-0.3, -0.25) is 9.59 Å². The summed E-state index contributed by atoms with van der Waals surface area (Å²) in [7, 11) is 0. The molecule has 0 radical (unpaired) electrons. The molecule has 0 aromatic carbocycles. The number of hydrogen-bond donors (Lipinski definition) is 2. The van der Waals surface area contributed by atoms with Crippen LogP contribution in [0.5, 0.6) is 0 Å². The first-order valence-corrected chi connectivity index (χ1v) is 7.58. The summed E-state index contributed by atoms with van der Waals surface area (Å²) < 4.78 is 0. The molecule has 0 heterocycles. The van der Waals surface area contributed by atoms with Crippen LogP contribution < -0.4 is 5.73 Å². The largest absolute Gasteiger partial charge is 0.480 e. The highest BCUT2D eigenvalue weighted by molar-refractivity contribution is 5.85. The molecule has 0 rings (SSSR count). The van der Waals surface area contributed by atoms with Gasteiger partial charge in [0.25, 0.3) is 0 Å². The molecule has 1 unspecified atom stereocenters. The van der Waals surface area contributed by atoms with Crippen molar-refractivity contribution in [2.24, 2.45) is 5.73 Å². The third-order valence-corrected chi connectivity index (χ3v) is 3.32. The van der Waals surface area contributed by atoms with Gasteiger partial charge in [0.1, 0.15) is 11.8 Å².